The summed E-state index contributed by atoms with van der Waals surface area (Å²) in [4.78, 5) is 61.2. The van der Waals surface area contributed by atoms with Crippen LogP contribution in [0, 0.1) is 13.8 Å². The molecule has 0 unspecified atom stereocenters. The van der Waals surface area contributed by atoms with Crippen LogP contribution in [0.2, 0.25) is 10.0 Å². The van der Waals surface area contributed by atoms with E-state index in [2.05, 4.69) is 15.3 Å². The first-order chi connectivity index (χ1) is 25.7. The van der Waals surface area contributed by atoms with Crippen molar-refractivity contribution in [3.05, 3.63) is 81.1 Å². The predicted molar refractivity (Wildman–Crippen MR) is 218 cm³/mol. The van der Waals surface area contributed by atoms with E-state index in [0.717, 1.165) is 59.1 Å². The monoisotopic (exact) mass is 814 g/mol. The summed E-state index contributed by atoms with van der Waals surface area (Å²) in [5.74, 6) is -0.167. The van der Waals surface area contributed by atoms with Crippen molar-refractivity contribution in [1.82, 2.24) is 30.0 Å². The van der Waals surface area contributed by atoms with Gasteiger partial charge in [0.05, 0.1) is 32.2 Å². The highest BCUT2D eigenvalue weighted by Crippen LogP contribution is 2.29. The van der Waals surface area contributed by atoms with E-state index in [1.807, 2.05) is 91.8 Å². The minimum atomic E-state index is -0.587. The van der Waals surface area contributed by atoms with Gasteiger partial charge in [0.15, 0.2) is 0 Å². The number of pyridine rings is 2. The number of nitrogens with one attached hydrogen (secondary N) is 1. The molecule has 0 bridgehead atoms. The van der Waals surface area contributed by atoms with Crippen molar-refractivity contribution in [2.45, 2.75) is 66.6 Å². The summed E-state index contributed by atoms with van der Waals surface area (Å²) in [6, 6.07) is 11.5. The van der Waals surface area contributed by atoms with Gasteiger partial charge in [-0.15, -0.1) is 0 Å². The molecule has 2 aliphatic heterocycles. The van der Waals surface area contributed by atoms with Gasteiger partial charge in [-0.25, -0.2) is 9.59 Å². The van der Waals surface area contributed by atoms with Crippen molar-refractivity contribution in [2.75, 3.05) is 52.4 Å². The van der Waals surface area contributed by atoms with E-state index in [1.54, 1.807) is 14.7 Å². The van der Waals surface area contributed by atoms with Crippen LogP contribution in [0.1, 0.15) is 73.4 Å². The number of piperazine rings is 2. The number of halogens is 3. The van der Waals surface area contributed by atoms with Gasteiger partial charge in [0.1, 0.15) is 11.2 Å². The lowest BCUT2D eigenvalue weighted by Gasteiger charge is -2.35. The minimum Gasteiger partial charge on any atom is -0.444 e. The van der Waals surface area contributed by atoms with E-state index in [1.165, 1.54) is 12.4 Å². The van der Waals surface area contributed by atoms with Gasteiger partial charge < -0.3 is 29.5 Å². The quantitative estimate of drug-likeness (QED) is 0.199. The first-order valence-electron chi connectivity index (χ1n) is 18.0. The summed E-state index contributed by atoms with van der Waals surface area (Å²) < 4.78 is 10.6. The summed E-state index contributed by atoms with van der Waals surface area (Å²) in [6.07, 6.45) is 2.38. The van der Waals surface area contributed by atoms with Gasteiger partial charge in [-0.3, -0.25) is 19.6 Å². The van der Waals surface area contributed by atoms with E-state index < -0.39 is 10.8 Å². The van der Waals surface area contributed by atoms with Gasteiger partial charge in [0.2, 0.25) is 0 Å². The second-order valence-electron chi connectivity index (χ2n) is 15.3. The molecule has 4 heterocycles. The van der Waals surface area contributed by atoms with Crippen LogP contribution in [-0.2, 0) is 9.47 Å². The summed E-state index contributed by atoms with van der Waals surface area (Å²) in [6.45, 7) is 20.0. The molecule has 2 aliphatic rings. The van der Waals surface area contributed by atoms with Crippen LogP contribution in [0.4, 0.5) is 9.59 Å². The highest BCUT2D eigenvalue weighted by atomic mass is 35.5. The number of amides is 3. The Morgan fingerprint density at radius 2 is 1.04 bits per heavy atom. The van der Waals surface area contributed by atoms with E-state index in [4.69, 9.17) is 44.3 Å². The molecular weight excluding hydrogens is 767 g/mol. The lowest BCUT2D eigenvalue weighted by molar-refractivity contribution is 0.0140. The Balaban J connectivity index is 0.000000202. The summed E-state index contributed by atoms with van der Waals surface area (Å²) >= 11 is 18.0. The van der Waals surface area contributed by atoms with E-state index in [-0.39, 0.29) is 29.3 Å². The van der Waals surface area contributed by atoms with E-state index in [9.17, 15) is 19.2 Å². The van der Waals surface area contributed by atoms with Crippen molar-refractivity contribution in [2.24, 2.45) is 0 Å². The standard InChI is InChI=1S/C20H24ClN3O3.C11H7Cl2NO.C9H18N2O2/c1-13-5-6-16-14(11-13)17(21)15(12-22-16)18(25)23-7-9-24(10-8-23)19(26)27-20(2,3)4;1-6-2-3-9-7(4-6)10(12)8(5-14-9)11(13)15;1-9(2,3)13-8(12)11-6-4-10-5-7-11/h5-6,11-12H,7-10H2,1-4H3;2-5H,1H3;10H,4-7H2,1-3H3. The highest BCUT2D eigenvalue weighted by molar-refractivity contribution is 6.69. The Morgan fingerprint density at radius 3 is 1.47 bits per heavy atom. The van der Waals surface area contributed by atoms with Crippen LogP contribution >= 0.6 is 34.8 Å². The molecule has 1 N–H and O–H groups in total. The number of aromatic nitrogens is 2. The molecule has 15 heteroatoms. The number of aryl methyl sites for hydroxylation is 2. The third kappa shape index (κ3) is 12.4. The Kier molecular flexibility index (Phi) is 14.7. The number of carbonyl (C=O) groups excluding carboxylic acids is 4. The minimum absolute atomic E-state index is 0.167. The molecule has 0 atom stereocenters. The molecule has 12 nitrogen and oxygen atoms in total. The molecule has 3 amide bonds. The van der Waals surface area contributed by atoms with E-state index >= 15 is 0 Å². The fourth-order valence-corrected chi connectivity index (χ4v) is 6.36. The average molecular weight is 816 g/mol. The van der Waals surface area contributed by atoms with Crippen molar-refractivity contribution < 1.29 is 28.7 Å². The van der Waals surface area contributed by atoms with Crippen LogP contribution in [0.15, 0.2) is 48.8 Å². The second-order valence-corrected chi connectivity index (χ2v) is 16.4. The maximum atomic E-state index is 12.9. The van der Waals surface area contributed by atoms with Crippen molar-refractivity contribution in [1.29, 1.82) is 0 Å². The van der Waals surface area contributed by atoms with Gasteiger partial charge in [-0.05, 0) is 91.3 Å². The SMILES string of the molecule is CC(C)(C)OC(=O)N1CCNCC1.Cc1ccc2ncc(C(=O)Cl)c(Cl)c2c1.Cc1ccc2ncc(C(=O)N3CCN(C(=O)OC(C)(C)C)CC3)c(Cl)c2c1. The fraction of sp³-hybridized carbons (Fsp3) is 0.450. The molecule has 4 aromatic rings. The largest absolute Gasteiger partial charge is 0.444 e. The number of hydrogen-bond acceptors (Lipinski definition) is 9. The van der Waals surface area contributed by atoms with Crippen LogP contribution in [0.3, 0.4) is 0 Å². The van der Waals surface area contributed by atoms with Crippen LogP contribution in [-0.4, -0.2) is 112 Å². The number of nitrogens with zero attached hydrogens (tertiary/aromatic N) is 5. The number of benzene rings is 2. The number of carbonyl (C=O) groups is 4. The normalized spacial score (nSPS) is 14.7. The zero-order chi connectivity index (χ0) is 40.7. The maximum Gasteiger partial charge on any atom is 0.410 e. The van der Waals surface area contributed by atoms with Gasteiger partial charge in [-0.1, -0.05) is 46.5 Å². The molecule has 0 radical (unpaired) electrons. The first kappa shape index (κ1) is 43.5. The van der Waals surface area contributed by atoms with Crippen LogP contribution < -0.4 is 5.32 Å². The van der Waals surface area contributed by atoms with E-state index in [0.29, 0.717) is 41.8 Å². The topological polar surface area (TPSA) is 134 Å². The molecule has 55 heavy (non-hydrogen) atoms. The summed E-state index contributed by atoms with van der Waals surface area (Å²) in [5, 5.41) is 4.91. The number of rotatable bonds is 2. The first-order valence-corrected chi connectivity index (χ1v) is 19.1. The number of fused-ring (bicyclic) bond motifs is 2. The van der Waals surface area contributed by atoms with Crippen LogP contribution in [0.25, 0.3) is 21.8 Å². The fourth-order valence-electron chi connectivity index (χ4n) is 5.60. The van der Waals surface area contributed by atoms with Crippen LogP contribution in [0.5, 0.6) is 0 Å². The molecule has 2 aromatic carbocycles. The molecule has 6 rings (SSSR count). The molecule has 2 fully saturated rings. The molecule has 0 aliphatic carbocycles. The molecule has 2 saturated heterocycles. The van der Waals surface area contributed by atoms with Crippen molar-refractivity contribution >= 4 is 79.9 Å². The van der Waals surface area contributed by atoms with Crippen molar-refractivity contribution in [3.8, 4) is 0 Å². The Morgan fingerprint density at radius 1 is 0.636 bits per heavy atom. The zero-order valence-electron chi connectivity index (χ0n) is 32.6. The molecular formula is C40H49Cl3N6O6. The summed E-state index contributed by atoms with van der Waals surface area (Å²) in [7, 11) is 0. The van der Waals surface area contributed by atoms with Gasteiger partial charge in [-0.2, -0.15) is 0 Å². The zero-order valence-corrected chi connectivity index (χ0v) is 34.9. The Labute approximate surface area is 337 Å². The van der Waals surface area contributed by atoms with Gasteiger partial charge in [0, 0.05) is 75.5 Å². The molecule has 0 spiro atoms. The summed E-state index contributed by atoms with van der Waals surface area (Å²) in [5.41, 5.74) is 3.35. The smallest absolute Gasteiger partial charge is 0.410 e. The molecule has 0 saturated carbocycles. The van der Waals surface area contributed by atoms with Crippen molar-refractivity contribution in [3.63, 3.8) is 0 Å². The third-order valence-electron chi connectivity index (χ3n) is 8.34. The number of hydrogen-bond donors (Lipinski definition) is 1. The second kappa shape index (κ2) is 18.6. The lowest BCUT2D eigenvalue weighted by Crippen LogP contribution is -2.51. The lowest BCUT2D eigenvalue weighted by atomic mass is 10.1. The number of ether oxygens (including phenoxy) is 2. The third-order valence-corrected chi connectivity index (χ3v) is 9.36. The Bertz CT molecular complexity index is 2030. The molecule has 2 aromatic heterocycles. The van der Waals surface area contributed by atoms with Gasteiger partial charge in [0.25, 0.3) is 11.1 Å². The maximum absolute atomic E-state index is 12.9. The average Bonchev–Trinajstić information content (AvgIpc) is 3.11. The predicted octanol–water partition coefficient (Wildman–Crippen LogP) is 8.29. The molecule has 296 valence electrons. The van der Waals surface area contributed by atoms with Gasteiger partial charge >= 0.3 is 12.2 Å². The highest BCUT2D eigenvalue weighted by Gasteiger charge is 2.29. The Hall–Kier alpha value is -4.23.